The molecule has 3 atom stereocenters. The Morgan fingerprint density at radius 3 is 2.40 bits per heavy atom. The van der Waals surface area contributed by atoms with E-state index in [9.17, 15) is 4.79 Å². The summed E-state index contributed by atoms with van der Waals surface area (Å²) in [4.78, 5) is 12.9. The van der Waals surface area contributed by atoms with Crippen molar-refractivity contribution in [3.8, 4) is 0 Å². The minimum atomic E-state index is -0.269. The summed E-state index contributed by atoms with van der Waals surface area (Å²) in [5.74, 6) is 2.40. The van der Waals surface area contributed by atoms with E-state index in [0.29, 0.717) is 12.1 Å². The predicted molar refractivity (Wildman–Crippen MR) is 82.4 cm³/mol. The van der Waals surface area contributed by atoms with E-state index in [1.165, 1.54) is 19.3 Å². The molecule has 1 saturated heterocycles. The van der Waals surface area contributed by atoms with E-state index in [1.54, 1.807) is 4.90 Å². The van der Waals surface area contributed by atoms with Crippen LogP contribution >= 0.6 is 0 Å². The maximum atomic E-state index is 11.2. The Labute approximate surface area is 123 Å². The Morgan fingerprint density at radius 2 is 1.85 bits per heavy atom. The van der Waals surface area contributed by atoms with Gasteiger partial charge in [-0.25, -0.2) is 4.79 Å². The normalized spacial score (nSPS) is 32.6. The molecule has 2 aliphatic rings. The Balaban J connectivity index is 1.86. The van der Waals surface area contributed by atoms with Gasteiger partial charge in [0.2, 0.25) is 0 Å². The number of primary amides is 1. The van der Waals surface area contributed by atoms with Gasteiger partial charge >= 0.3 is 6.03 Å². The van der Waals surface area contributed by atoms with Crippen molar-refractivity contribution in [2.24, 2.45) is 23.5 Å². The van der Waals surface area contributed by atoms with Gasteiger partial charge in [0.25, 0.3) is 0 Å². The van der Waals surface area contributed by atoms with E-state index in [4.69, 9.17) is 5.73 Å². The van der Waals surface area contributed by atoms with Crippen LogP contribution in [0.3, 0.4) is 0 Å². The summed E-state index contributed by atoms with van der Waals surface area (Å²) < 4.78 is 0. The number of piperidine rings is 1. The molecule has 2 rings (SSSR count). The molecule has 0 radical (unpaired) electrons. The van der Waals surface area contributed by atoms with Crippen LogP contribution in [0.15, 0.2) is 0 Å². The molecule has 1 saturated carbocycles. The van der Waals surface area contributed by atoms with Crippen molar-refractivity contribution >= 4 is 6.03 Å². The van der Waals surface area contributed by atoms with Gasteiger partial charge in [-0.15, -0.1) is 0 Å². The molecule has 116 valence electrons. The number of carbonyl (C=O) groups is 1. The average molecular weight is 281 g/mol. The highest BCUT2D eigenvalue weighted by atomic mass is 16.2. The van der Waals surface area contributed by atoms with Crippen LogP contribution in [0.25, 0.3) is 0 Å². The van der Waals surface area contributed by atoms with Gasteiger partial charge in [0.15, 0.2) is 0 Å². The molecule has 2 amide bonds. The molecule has 1 aliphatic heterocycles. The summed E-state index contributed by atoms with van der Waals surface area (Å²) in [6, 6.07) is 0.945. The molecule has 2 fully saturated rings. The second-order valence-electron chi connectivity index (χ2n) is 7.20. The third-order valence-electron chi connectivity index (χ3n) is 5.28. The van der Waals surface area contributed by atoms with E-state index >= 15 is 0 Å². The number of amides is 2. The Hall–Kier alpha value is -0.770. The summed E-state index contributed by atoms with van der Waals surface area (Å²) in [6.07, 6.45) is 6.12. The van der Waals surface area contributed by atoms with Crippen molar-refractivity contribution in [1.82, 2.24) is 10.2 Å². The van der Waals surface area contributed by atoms with E-state index in [-0.39, 0.29) is 6.03 Å². The fourth-order valence-corrected chi connectivity index (χ4v) is 3.96. The topological polar surface area (TPSA) is 58.4 Å². The highest BCUT2D eigenvalue weighted by Gasteiger charge is 2.32. The summed E-state index contributed by atoms with van der Waals surface area (Å²) in [5, 5.41) is 3.90. The molecule has 0 spiro atoms. The largest absolute Gasteiger partial charge is 0.351 e. The van der Waals surface area contributed by atoms with Crippen LogP contribution in [0.1, 0.15) is 52.9 Å². The van der Waals surface area contributed by atoms with Gasteiger partial charge in [-0.2, -0.15) is 0 Å². The molecule has 0 aromatic rings. The van der Waals surface area contributed by atoms with E-state index in [1.807, 2.05) is 0 Å². The molecule has 1 heterocycles. The lowest BCUT2D eigenvalue weighted by Gasteiger charge is -2.41. The van der Waals surface area contributed by atoms with Crippen LogP contribution < -0.4 is 11.1 Å². The van der Waals surface area contributed by atoms with Gasteiger partial charge < -0.3 is 16.0 Å². The monoisotopic (exact) mass is 281 g/mol. The van der Waals surface area contributed by atoms with Crippen molar-refractivity contribution in [3.05, 3.63) is 0 Å². The first kappa shape index (κ1) is 15.6. The van der Waals surface area contributed by atoms with Crippen molar-refractivity contribution in [1.29, 1.82) is 0 Å². The highest BCUT2D eigenvalue weighted by molar-refractivity contribution is 5.72. The molecular weight excluding hydrogens is 250 g/mol. The Kier molecular flexibility index (Phi) is 5.30. The molecule has 0 aromatic heterocycles. The molecule has 20 heavy (non-hydrogen) atoms. The van der Waals surface area contributed by atoms with Crippen molar-refractivity contribution < 1.29 is 4.79 Å². The second kappa shape index (κ2) is 6.79. The first-order valence-electron chi connectivity index (χ1n) is 8.27. The number of rotatable bonds is 3. The van der Waals surface area contributed by atoms with Gasteiger partial charge in [-0.3, -0.25) is 0 Å². The number of likely N-dealkylation sites (tertiary alicyclic amines) is 1. The zero-order chi connectivity index (χ0) is 14.7. The SMILES string of the molecule is CC1CCC(C(C)C)C(NC2CCN(C(N)=O)CC2)C1. The molecule has 4 nitrogen and oxygen atoms in total. The van der Waals surface area contributed by atoms with Gasteiger partial charge in [0, 0.05) is 25.2 Å². The molecule has 4 heteroatoms. The number of urea groups is 1. The summed E-state index contributed by atoms with van der Waals surface area (Å²) >= 11 is 0. The average Bonchev–Trinajstić information content (AvgIpc) is 2.39. The number of hydrogen-bond donors (Lipinski definition) is 2. The smallest absolute Gasteiger partial charge is 0.314 e. The molecular formula is C16H31N3O. The van der Waals surface area contributed by atoms with E-state index in [2.05, 4.69) is 26.1 Å². The summed E-state index contributed by atoms with van der Waals surface area (Å²) in [5.41, 5.74) is 5.34. The third kappa shape index (κ3) is 3.87. The zero-order valence-electron chi connectivity index (χ0n) is 13.3. The van der Waals surface area contributed by atoms with E-state index in [0.717, 1.165) is 43.7 Å². The lowest BCUT2D eigenvalue weighted by molar-refractivity contribution is 0.137. The Morgan fingerprint density at radius 1 is 1.20 bits per heavy atom. The van der Waals surface area contributed by atoms with E-state index < -0.39 is 0 Å². The van der Waals surface area contributed by atoms with Crippen LogP contribution in [-0.2, 0) is 0 Å². The third-order valence-corrected chi connectivity index (χ3v) is 5.28. The fraction of sp³-hybridized carbons (Fsp3) is 0.938. The van der Waals surface area contributed by atoms with Gasteiger partial charge in [-0.05, 0) is 43.4 Å². The Bertz CT molecular complexity index is 324. The van der Waals surface area contributed by atoms with Gasteiger partial charge in [-0.1, -0.05) is 27.2 Å². The maximum Gasteiger partial charge on any atom is 0.314 e. The van der Waals surface area contributed by atoms with Crippen LogP contribution in [0.2, 0.25) is 0 Å². The molecule has 0 bridgehead atoms. The quantitative estimate of drug-likeness (QED) is 0.835. The zero-order valence-corrected chi connectivity index (χ0v) is 13.3. The van der Waals surface area contributed by atoms with Crippen LogP contribution in [0, 0.1) is 17.8 Å². The maximum absolute atomic E-state index is 11.2. The highest BCUT2D eigenvalue weighted by Crippen LogP contribution is 2.34. The number of carbonyl (C=O) groups excluding carboxylic acids is 1. The van der Waals surface area contributed by atoms with Crippen molar-refractivity contribution in [2.45, 2.75) is 65.0 Å². The van der Waals surface area contributed by atoms with Crippen molar-refractivity contribution in [3.63, 3.8) is 0 Å². The van der Waals surface area contributed by atoms with Gasteiger partial charge in [0.1, 0.15) is 0 Å². The number of nitrogens with one attached hydrogen (secondary N) is 1. The summed E-state index contributed by atoms with van der Waals surface area (Å²) in [6.45, 7) is 8.69. The molecule has 3 unspecified atom stereocenters. The van der Waals surface area contributed by atoms with Crippen LogP contribution in [0.5, 0.6) is 0 Å². The first-order chi connectivity index (χ1) is 9.47. The van der Waals surface area contributed by atoms with Crippen LogP contribution in [0.4, 0.5) is 4.79 Å². The fourth-order valence-electron chi connectivity index (χ4n) is 3.96. The first-order valence-corrected chi connectivity index (χ1v) is 8.27. The summed E-state index contributed by atoms with van der Waals surface area (Å²) in [7, 11) is 0. The lowest BCUT2D eigenvalue weighted by atomic mass is 9.73. The number of nitrogens with two attached hydrogens (primary N) is 1. The number of hydrogen-bond acceptors (Lipinski definition) is 2. The number of nitrogens with zero attached hydrogens (tertiary/aromatic N) is 1. The van der Waals surface area contributed by atoms with Crippen LogP contribution in [-0.4, -0.2) is 36.1 Å². The predicted octanol–water partition coefficient (Wildman–Crippen LogP) is 2.58. The van der Waals surface area contributed by atoms with Gasteiger partial charge in [0.05, 0.1) is 0 Å². The lowest BCUT2D eigenvalue weighted by Crippen LogP contribution is -2.52. The van der Waals surface area contributed by atoms with Crippen molar-refractivity contribution in [2.75, 3.05) is 13.1 Å². The second-order valence-corrected chi connectivity index (χ2v) is 7.20. The molecule has 0 aromatic carbocycles. The molecule has 1 aliphatic carbocycles. The minimum Gasteiger partial charge on any atom is -0.351 e. The minimum absolute atomic E-state index is 0.269. The standard InChI is InChI=1S/C16H31N3O/c1-11(2)14-5-4-12(3)10-15(14)18-13-6-8-19(9-7-13)16(17)20/h11-15,18H,4-10H2,1-3H3,(H2,17,20). The molecule has 3 N–H and O–H groups in total.